The van der Waals surface area contributed by atoms with Crippen molar-refractivity contribution in [3.63, 3.8) is 0 Å². The minimum atomic E-state index is -0.464. The highest BCUT2D eigenvalue weighted by molar-refractivity contribution is 5.99. The van der Waals surface area contributed by atoms with Crippen LogP contribution >= 0.6 is 0 Å². The van der Waals surface area contributed by atoms with Crippen molar-refractivity contribution in [2.24, 2.45) is 0 Å². The third-order valence-corrected chi connectivity index (χ3v) is 4.80. The van der Waals surface area contributed by atoms with Gasteiger partial charge in [0.1, 0.15) is 5.58 Å². The molecule has 0 saturated carbocycles. The number of benzene rings is 2. The maximum atomic E-state index is 13.2. The summed E-state index contributed by atoms with van der Waals surface area (Å²) in [6.07, 6.45) is 0. The molecular weight excluding hydrogens is 330 g/mol. The molecule has 0 radical (unpaired) electrons. The van der Waals surface area contributed by atoms with Gasteiger partial charge in [0.25, 0.3) is 5.91 Å². The van der Waals surface area contributed by atoms with Crippen LogP contribution < -0.4 is 5.43 Å². The molecule has 5 heteroatoms. The Morgan fingerprint density at radius 3 is 2.54 bits per heavy atom. The van der Waals surface area contributed by atoms with Gasteiger partial charge in [0.15, 0.2) is 5.43 Å². The summed E-state index contributed by atoms with van der Waals surface area (Å²) >= 11 is 0. The van der Waals surface area contributed by atoms with Crippen LogP contribution in [0.2, 0.25) is 0 Å². The number of para-hydroxylation sites is 1. The Morgan fingerprint density at radius 1 is 1.08 bits per heavy atom. The minimum absolute atomic E-state index is 0.135. The molecule has 0 aliphatic carbocycles. The van der Waals surface area contributed by atoms with Gasteiger partial charge in [-0.25, -0.2) is 0 Å². The average molecular weight is 349 g/mol. The maximum Gasteiger partial charge on any atom is 0.290 e. The standard InChI is InChI=1S/C21H19NO4/c1-13-7-9-14(10-8-13)18-17-19(23)15-5-3-4-6-16(15)26-20(17)21(24)22(18)11-12-25-2/h3-10,18H,11-12H2,1-2H3. The number of hydrogen-bond acceptors (Lipinski definition) is 4. The van der Waals surface area contributed by atoms with Crippen molar-refractivity contribution in [3.05, 3.63) is 81.2 Å². The molecule has 2 aromatic carbocycles. The molecule has 5 nitrogen and oxygen atoms in total. The van der Waals surface area contributed by atoms with Gasteiger partial charge >= 0.3 is 0 Å². The van der Waals surface area contributed by atoms with Crippen LogP contribution in [0.4, 0.5) is 0 Å². The largest absolute Gasteiger partial charge is 0.450 e. The Bertz CT molecular complexity index is 1040. The van der Waals surface area contributed by atoms with Gasteiger partial charge < -0.3 is 14.1 Å². The lowest BCUT2D eigenvalue weighted by Crippen LogP contribution is -2.32. The number of carbonyl (C=O) groups is 1. The van der Waals surface area contributed by atoms with Crippen LogP contribution in [0.5, 0.6) is 0 Å². The lowest BCUT2D eigenvalue weighted by molar-refractivity contribution is 0.0663. The van der Waals surface area contributed by atoms with Crippen LogP contribution in [0.3, 0.4) is 0 Å². The molecule has 26 heavy (non-hydrogen) atoms. The Labute approximate surface area is 150 Å². The third-order valence-electron chi connectivity index (χ3n) is 4.80. The van der Waals surface area contributed by atoms with E-state index in [9.17, 15) is 9.59 Å². The lowest BCUT2D eigenvalue weighted by atomic mass is 9.98. The zero-order valence-electron chi connectivity index (χ0n) is 14.7. The van der Waals surface area contributed by atoms with Gasteiger partial charge in [0.2, 0.25) is 5.76 Å². The molecule has 1 atom stereocenters. The van der Waals surface area contributed by atoms with Gasteiger partial charge in [-0.2, -0.15) is 0 Å². The molecule has 1 amide bonds. The molecular formula is C21H19NO4. The molecule has 0 spiro atoms. The zero-order chi connectivity index (χ0) is 18.3. The van der Waals surface area contributed by atoms with Crippen molar-refractivity contribution in [3.8, 4) is 0 Å². The van der Waals surface area contributed by atoms with E-state index in [1.165, 1.54) is 0 Å². The van der Waals surface area contributed by atoms with E-state index in [1.807, 2.05) is 31.2 Å². The van der Waals surface area contributed by atoms with Crippen molar-refractivity contribution in [1.29, 1.82) is 0 Å². The quantitative estimate of drug-likeness (QED) is 0.725. The summed E-state index contributed by atoms with van der Waals surface area (Å²) in [5.41, 5.74) is 2.70. The Hall–Kier alpha value is -2.92. The molecule has 0 N–H and O–H groups in total. The van der Waals surface area contributed by atoms with E-state index in [0.717, 1.165) is 11.1 Å². The van der Waals surface area contributed by atoms with Crippen molar-refractivity contribution in [1.82, 2.24) is 4.90 Å². The van der Waals surface area contributed by atoms with Gasteiger partial charge in [-0.15, -0.1) is 0 Å². The molecule has 0 fully saturated rings. The van der Waals surface area contributed by atoms with Crippen molar-refractivity contribution < 1.29 is 13.9 Å². The molecule has 1 aromatic heterocycles. The predicted molar refractivity (Wildman–Crippen MR) is 98.4 cm³/mol. The van der Waals surface area contributed by atoms with Gasteiger partial charge in [0, 0.05) is 13.7 Å². The van der Waals surface area contributed by atoms with E-state index in [0.29, 0.717) is 29.7 Å². The summed E-state index contributed by atoms with van der Waals surface area (Å²) in [5, 5.41) is 0.491. The zero-order valence-corrected chi connectivity index (χ0v) is 14.7. The number of fused-ring (bicyclic) bond motifs is 2. The number of rotatable bonds is 4. The second-order valence-corrected chi connectivity index (χ2v) is 6.47. The van der Waals surface area contributed by atoms with E-state index in [1.54, 1.807) is 36.3 Å². The van der Waals surface area contributed by atoms with E-state index in [4.69, 9.17) is 9.15 Å². The van der Waals surface area contributed by atoms with Crippen LogP contribution in [0, 0.1) is 6.92 Å². The molecule has 4 rings (SSSR count). The van der Waals surface area contributed by atoms with E-state index in [2.05, 4.69) is 0 Å². The first kappa shape index (κ1) is 16.5. The second kappa shape index (κ2) is 6.42. The molecule has 0 bridgehead atoms. The highest BCUT2D eigenvalue weighted by Gasteiger charge is 2.42. The minimum Gasteiger partial charge on any atom is -0.450 e. The smallest absolute Gasteiger partial charge is 0.290 e. The number of nitrogens with zero attached hydrogens (tertiary/aromatic N) is 1. The number of hydrogen-bond donors (Lipinski definition) is 0. The summed E-state index contributed by atoms with van der Waals surface area (Å²) in [6, 6.07) is 14.4. The Kier molecular flexibility index (Phi) is 4.09. The van der Waals surface area contributed by atoms with Crippen molar-refractivity contribution >= 4 is 16.9 Å². The summed E-state index contributed by atoms with van der Waals surface area (Å²) in [7, 11) is 1.59. The highest BCUT2D eigenvalue weighted by atomic mass is 16.5. The predicted octanol–water partition coefficient (Wildman–Crippen LogP) is 3.29. The third kappa shape index (κ3) is 2.52. The first-order valence-electron chi connectivity index (χ1n) is 8.54. The Balaban J connectivity index is 1.96. The number of ether oxygens (including phenoxy) is 1. The molecule has 1 unspecified atom stereocenters. The average Bonchev–Trinajstić information content (AvgIpc) is 2.93. The first-order chi connectivity index (χ1) is 12.6. The number of aryl methyl sites for hydroxylation is 1. The molecule has 1 aliphatic rings. The van der Waals surface area contributed by atoms with Crippen LogP contribution in [0.25, 0.3) is 11.0 Å². The lowest BCUT2D eigenvalue weighted by Gasteiger charge is -2.24. The fourth-order valence-corrected chi connectivity index (χ4v) is 3.48. The maximum absolute atomic E-state index is 13.2. The van der Waals surface area contributed by atoms with Crippen LogP contribution in [0.15, 0.2) is 57.7 Å². The van der Waals surface area contributed by atoms with Gasteiger partial charge in [-0.3, -0.25) is 9.59 Å². The molecule has 3 aromatic rings. The number of amides is 1. The number of carbonyl (C=O) groups excluding carboxylic acids is 1. The second-order valence-electron chi connectivity index (χ2n) is 6.47. The number of methoxy groups -OCH3 is 1. The summed E-state index contributed by atoms with van der Waals surface area (Å²) < 4.78 is 11.0. The van der Waals surface area contributed by atoms with E-state index in [-0.39, 0.29) is 17.1 Å². The van der Waals surface area contributed by atoms with Gasteiger partial charge in [-0.05, 0) is 24.6 Å². The summed E-state index contributed by atoms with van der Waals surface area (Å²) in [5.74, 6) is -0.138. The van der Waals surface area contributed by atoms with E-state index >= 15 is 0 Å². The molecule has 2 heterocycles. The SMILES string of the molecule is COCCN1C(=O)c2oc3ccccc3c(=O)c2C1c1ccc(C)cc1. The van der Waals surface area contributed by atoms with Crippen molar-refractivity contribution in [2.75, 3.05) is 20.3 Å². The Morgan fingerprint density at radius 2 is 1.81 bits per heavy atom. The first-order valence-corrected chi connectivity index (χ1v) is 8.54. The normalized spacial score (nSPS) is 16.3. The highest BCUT2D eigenvalue weighted by Crippen LogP contribution is 2.37. The summed E-state index contributed by atoms with van der Waals surface area (Å²) in [6.45, 7) is 2.77. The van der Waals surface area contributed by atoms with Gasteiger partial charge in [-0.1, -0.05) is 42.0 Å². The summed E-state index contributed by atoms with van der Waals surface area (Å²) in [4.78, 5) is 27.8. The molecule has 132 valence electrons. The van der Waals surface area contributed by atoms with E-state index < -0.39 is 6.04 Å². The fraction of sp³-hybridized carbons (Fsp3) is 0.238. The topological polar surface area (TPSA) is 59.8 Å². The van der Waals surface area contributed by atoms with Crippen LogP contribution in [-0.2, 0) is 4.74 Å². The van der Waals surface area contributed by atoms with Crippen molar-refractivity contribution in [2.45, 2.75) is 13.0 Å². The monoisotopic (exact) mass is 349 g/mol. The van der Waals surface area contributed by atoms with Gasteiger partial charge in [0.05, 0.1) is 23.6 Å². The fourth-order valence-electron chi connectivity index (χ4n) is 3.48. The molecule has 0 saturated heterocycles. The van der Waals surface area contributed by atoms with Crippen LogP contribution in [0.1, 0.15) is 33.3 Å². The van der Waals surface area contributed by atoms with Crippen LogP contribution in [-0.4, -0.2) is 31.1 Å². The molecule has 1 aliphatic heterocycles.